The van der Waals surface area contributed by atoms with Crippen molar-refractivity contribution < 1.29 is 9.13 Å². The number of aromatic nitrogens is 2. The van der Waals surface area contributed by atoms with E-state index in [4.69, 9.17) is 4.74 Å². The van der Waals surface area contributed by atoms with Gasteiger partial charge in [0.1, 0.15) is 12.1 Å². The van der Waals surface area contributed by atoms with Gasteiger partial charge in [-0.25, -0.2) is 4.98 Å². The van der Waals surface area contributed by atoms with Gasteiger partial charge in [0.2, 0.25) is 5.82 Å². The molecule has 0 amide bonds. The maximum atomic E-state index is 13.7. The van der Waals surface area contributed by atoms with Crippen molar-refractivity contribution in [2.24, 2.45) is 0 Å². The monoisotopic (exact) mass is 247 g/mol. The van der Waals surface area contributed by atoms with Crippen LogP contribution in [0.2, 0.25) is 0 Å². The quantitative estimate of drug-likeness (QED) is 0.901. The van der Waals surface area contributed by atoms with Crippen LogP contribution in [0.3, 0.4) is 0 Å². The lowest BCUT2D eigenvalue weighted by Crippen LogP contribution is -2.07. The highest BCUT2D eigenvalue weighted by molar-refractivity contribution is 5.36. The van der Waals surface area contributed by atoms with E-state index in [0.717, 1.165) is 5.56 Å². The molecule has 5 heteroatoms. The number of para-hydroxylation sites is 1. The third-order valence-corrected chi connectivity index (χ3v) is 2.48. The summed E-state index contributed by atoms with van der Waals surface area (Å²) < 4.78 is 19.2. The molecule has 2 aromatic rings. The molecule has 0 fully saturated rings. The van der Waals surface area contributed by atoms with E-state index in [0.29, 0.717) is 12.3 Å². The number of benzene rings is 1. The van der Waals surface area contributed by atoms with E-state index in [2.05, 4.69) is 15.3 Å². The van der Waals surface area contributed by atoms with Crippen molar-refractivity contribution in [3.8, 4) is 11.6 Å². The zero-order valence-corrected chi connectivity index (χ0v) is 10.3. The molecular weight excluding hydrogens is 233 g/mol. The van der Waals surface area contributed by atoms with Gasteiger partial charge in [-0.05, 0) is 20.0 Å². The minimum absolute atomic E-state index is 0.0500. The molecule has 0 aliphatic heterocycles. The third-order valence-electron chi connectivity index (χ3n) is 2.48. The fourth-order valence-corrected chi connectivity index (χ4v) is 1.55. The van der Waals surface area contributed by atoms with Crippen LogP contribution < -0.4 is 10.1 Å². The van der Waals surface area contributed by atoms with E-state index in [9.17, 15) is 4.39 Å². The van der Waals surface area contributed by atoms with E-state index in [1.165, 1.54) is 6.33 Å². The molecule has 0 atom stereocenters. The lowest BCUT2D eigenvalue weighted by Gasteiger charge is -2.10. The Hall–Kier alpha value is -2.01. The van der Waals surface area contributed by atoms with Gasteiger partial charge in [-0.1, -0.05) is 18.2 Å². The molecule has 0 unspecified atom stereocenters. The smallest absolute Gasteiger partial charge is 0.259 e. The Morgan fingerprint density at radius 3 is 2.83 bits per heavy atom. The molecule has 0 saturated heterocycles. The van der Waals surface area contributed by atoms with Crippen LogP contribution in [0.5, 0.6) is 11.6 Å². The topological polar surface area (TPSA) is 47.0 Å². The fraction of sp³-hybridized carbons (Fsp3) is 0.231. The average molecular weight is 247 g/mol. The Bertz CT molecular complexity index is 546. The maximum Gasteiger partial charge on any atom is 0.259 e. The Morgan fingerprint density at radius 2 is 2.06 bits per heavy atom. The molecule has 1 N–H and O–H groups in total. The molecule has 1 aromatic heterocycles. The van der Waals surface area contributed by atoms with E-state index in [-0.39, 0.29) is 11.6 Å². The summed E-state index contributed by atoms with van der Waals surface area (Å²) in [6.45, 7) is 2.21. The van der Waals surface area contributed by atoms with Gasteiger partial charge in [0, 0.05) is 12.1 Å². The van der Waals surface area contributed by atoms with Crippen molar-refractivity contribution in [2.45, 2.75) is 13.5 Å². The second-order valence-electron chi connectivity index (χ2n) is 3.82. The normalized spacial score (nSPS) is 10.4. The van der Waals surface area contributed by atoms with Crippen molar-refractivity contribution in [1.29, 1.82) is 0 Å². The summed E-state index contributed by atoms with van der Waals surface area (Å²) in [5.41, 5.74) is 1.21. The van der Waals surface area contributed by atoms with Crippen LogP contribution in [0, 0.1) is 12.7 Å². The lowest BCUT2D eigenvalue weighted by molar-refractivity contribution is 0.412. The van der Waals surface area contributed by atoms with Crippen molar-refractivity contribution >= 4 is 0 Å². The molecule has 4 nitrogen and oxygen atoms in total. The molecule has 1 aromatic carbocycles. The Morgan fingerprint density at radius 1 is 1.28 bits per heavy atom. The van der Waals surface area contributed by atoms with Crippen molar-refractivity contribution in [2.75, 3.05) is 7.05 Å². The number of hydrogen-bond acceptors (Lipinski definition) is 4. The molecule has 2 rings (SSSR count). The molecule has 0 aliphatic rings. The average Bonchev–Trinajstić information content (AvgIpc) is 2.37. The van der Waals surface area contributed by atoms with Crippen LogP contribution in [0.15, 0.2) is 30.6 Å². The third kappa shape index (κ3) is 2.62. The first-order valence-electron chi connectivity index (χ1n) is 5.60. The van der Waals surface area contributed by atoms with Crippen molar-refractivity contribution in [1.82, 2.24) is 15.3 Å². The van der Waals surface area contributed by atoms with Crippen LogP contribution in [0.4, 0.5) is 4.39 Å². The molecule has 0 radical (unpaired) electrons. The number of rotatable bonds is 4. The number of hydrogen-bond donors (Lipinski definition) is 1. The summed E-state index contributed by atoms with van der Waals surface area (Å²) in [7, 11) is 1.84. The standard InChI is InChI=1S/C13H14FN3O/c1-9-12(14)13(17-8-16-9)18-11-6-4-3-5-10(11)7-15-2/h3-6,8,15H,7H2,1-2H3. The van der Waals surface area contributed by atoms with E-state index < -0.39 is 5.82 Å². The predicted molar refractivity (Wildman–Crippen MR) is 66.0 cm³/mol. The first kappa shape index (κ1) is 12.4. The van der Waals surface area contributed by atoms with Gasteiger partial charge >= 0.3 is 0 Å². The molecule has 0 spiro atoms. The largest absolute Gasteiger partial charge is 0.436 e. The highest BCUT2D eigenvalue weighted by Crippen LogP contribution is 2.26. The molecule has 18 heavy (non-hydrogen) atoms. The van der Waals surface area contributed by atoms with Crippen LogP contribution in [-0.4, -0.2) is 17.0 Å². The van der Waals surface area contributed by atoms with Gasteiger partial charge < -0.3 is 10.1 Å². The first-order valence-corrected chi connectivity index (χ1v) is 5.60. The zero-order valence-electron chi connectivity index (χ0n) is 10.3. The van der Waals surface area contributed by atoms with Crippen molar-refractivity contribution in [3.05, 3.63) is 47.7 Å². The number of nitrogens with zero attached hydrogens (tertiary/aromatic N) is 2. The number of nitrogens with one attached hydrogen (secondary N) is 1. The number of ether oxygens (including phenoxy) is 1. The van der Waals surface area contributed by atoms with Gasteiger partial charge in [0.25, 0.3) is 5.88 Å². The van der Waals surface area contributed by atoms with Crippen LogP contribution >= 0.6 is 0 Å². The second-order valence-corrected chi connectivity index (χ2v) is 3.82. The Kier molecular flexibility index (Phi) is 3.84. The van der Waals surface area contributed by atoms with Crippen molar-refractivity contribution in [3.63, 3.8) is 0 Å². The number of aryl methyl sites for hydroxylation is 1. The fourth-order valence-electron chi connectivity index (χ4n) is 1.55. The molecule has 0 aliphatic carbocycles. The van der Waals surface area contributed by atoms with Crippen LogP contribution in [-0.2, 0) is 6.54 Å². The first-order chi connectivity index (χ1) is 8.72. The Balaban J connectivity index is 2.31. The van der Waals surface area contributed by atoms with E-state index >= 15 is 0 Å². The maximum absolute atomic E-state index is 13.7. The lowest BCUT2D eigenvalue weighted by atomic mass is 10.2. The van der Waals surface area contributed by atoms with E-state index in [1.54, 1.807) is 13.0 Å². The van der Waals surface area contributed by atoms with Gasteiger partial charge in [-0.15, -0.1) is 0 Å². The highest BCUT2D eigenvalue weighted by Gasteiger charge is 2.11. The number of halogens is 1. The summed E-state index contributed by atoms with van der Waals surface area (Å²) in [4.78, 5) is 7.57. The summed E-state index contributed by atoms with van der Waals surface area (Å²) >= 11 is 0. The minimum Gasteiger partial charge on any atom is -0.436 e. The molecule has 0 saturated carbocycles. The van der Waals surface area contributed by atoms with Gasteiger partial charge in [-0.2, -0.15) is 9.37 Å². The van der Waals surface area contributed by atoms with E-state index in [1.807, 2.05) is 25.2 Å². The molecular formula is C13H14FN3O. The minimum atomic E-state index is -0.531. The summed E-state index contributed by atoms with van der Waals surface area (Å²) in [5, 5.41) is 3.03. The molecule has 94 valence electrons. The second kappa shape index (κ2) is 5.55. The Labute approximate surface area is 105 Å². The van der Waals surface area contributed by atoms with Gasteiger partial charge in [-0.3, -0.25) is 0 Å². The van der Waals surface area contributed by atoms with Crippen LogP contribution in [0.1, 0.15) is 11.3 Å². The summed E-state index contributed by atoms with van der Waals surface area (Å²) in [5.74, 6) is 0.00617. The van der Waals surface area contributed by atoms with Crippen LogP contribution in [0.25, 0.3) is 0 Å². The van der Waals surface area contributed by atoms with Gasteiger partial charge in [0.15, 0.2) is 0 Å². The SMILES string of the molecule is CNCc1ccccc1Oc1ncnc(C)c1F. The molecule has 1 heterocycles. The predicted octanol–water partition coefficient (Wildman–Crippen LogP) is 2.44. The molecule has 0 bridgehead atoms. The highest BCUT2D eigenvalue weighted by atomic mass is 19.1. The van der Waals surface area contributed by atoms with Gasteiger partial charge in [0.05, 0.1) is 5.69 Å². The summed E-state index contributed by atoms with van der Waals surface area (Å²) in [6, 6.07) is 7.43. The zero-order chi connectivity index (χ0) is 13.0. The summed E-state index contributed by atoms with van der Waals surface area (Å²) in [6.07, 6.45) is 1.29.